The summed E-state index contributed by atoms with van der Waals surface area (Å²) in [6.07, 6.45) is 9.21. The van der Waals surface area contributed by atoms with Crippen molar-refractivity contribution in [3.63, 3.8) is 0 Å². The summed E-state index contributed by atoms with van der Waals surface area (Å²) in [7, 11) is 4.28. The molecule has 3 saturated carbocycles. The minimum atomic E-state index is -1.82. The predicted molar refractivity (Wildman–Crippen MR) is 99.2 cm³/mol. The highest BCUT2D eigenvalue weighted by molar-refractivity contribution is 6.27. The SMILES string of the molecule is CN(C)C(CNC1CC2CC1C1CCCC21)c1ccco1.O=C(O)C(=O)O. The van der Waals surface area contributed by atoms with E-state index >= 15 is 0 Å². The molecule has 3 fully saturated rings. The van der Waals surface area contributed by atoms with Crippen molar-refractivity contribution in [1.29, 1.82) is 0 Å². The van der Waals surface area contributed by atoms with Crippen LogP contribution in [0.25, 0.3) is 0 Å². The van der Waals surface area contributed by atoms with Gasteiger partial charge in [-0.25, -0.2) is 9.59 Å². The molecule has 0 aliphatic heterocycles. The molecule has 3 aliphatic rings. The first kappa shape index (κ1) is 19.9. The first-order valence-corrected chi connectivity index (χ1v) is 9.78. The van der Waals surface area contributed by atoms with Crippen LogP contribution in [-0.4, -0.2) is 53.7 Å². The van der Waals surface area contributed by atoms with Crippen molar-refractivity contribution in [3.05, 3.63) is 24.2 Å². The number of likely N-dealkylation sites (N-methyl/N-ethyl adjacent to an activating group) is 1. The Morgan fingerprint density at radius 2 is 1.89 bits per heavy atom. The van der Waals surface area contributed by atoms with Crippen molar-refractivity contribution in [2.45, 2.75) is 44.2 Å². The standard InChI is InChI=1S/C18H28N2O.C2H2O4/c1-20(2)17(18-7-4-8-21-18)11-19-16-10-12-9-15(16)14-6-3-5-13(12)14;3-1(4)2(5)6/h4,7-8,12-17,19H,3,5-6,9-11H2,1-2H3;(H,3,4)(H,5,6). The van der Waals surface area contributed by atoms with Crippen molar-refractivity contribution in [2.75, 3.05) is 20.6 Å². The summed E-state index contributed by atoms with van der Waals surface area (Å²) in [6.45, 7) is 1.01. The molecule has 0 saturated heterocycles. The second-order valence-corrected chi connectivity index (χ2v) is 8.27. The number of carboxylic acid groups (broad SMARTS) is 2. The molecule has 27 heavy (non-hydrogen) atoms. The summed E-state index contributed by atoms with van der Waals surface area (Å²) in [5.74, 6) is 1.55. The van der Waals surface area contributed by atoms with Crippen LogP contribution in [0.4, 0.5) is 0 Å². The number of hydrogen-bond acceptors (Lipinski definition) is 5. The lowest BCUT2D eigenvalue weighted by atomic mass is 9.79. The third-order valence-electron chi connectivity index (χ3n) is 6.68. The van der Waals surface area contributed by atoms with Crippen LogP contribution in [0.15, 0.2) is 22.8 Å². The van der Waals surface area contributed by atoms with Crippen LogP contribution in [0.2, 0.25) is 0 Å². The number of rotatable bonds is 5. The lowest BCUT2D eigenvalue weighted by Crippen LogP contribution is -2.42. The molecule has 1 aromatic rings. The minimum Gasteiger partial charge on any atom is -0.473 e. The van der Waals surface area contributed by atoms with E-state index < -0.39 is 11.9 Å². The normalized spacial score (nSPS) is 32.0. The zero-order chi connectivity index (χ0) is 19.6. The van der Waals surface area contributed by atoms with Crippen LogP contribution in [0.5, 0.6) is 0 Å². The molecule has 7 nitrogen and oxygen atoms in total. The van der Waals surface area contributed by atoms with E-state index in [9.17, 15) is 0 Å². The fourth-order valence-corrected chi connectivity index (χ4v) is 5.58. The fourth-order valence-electron chi connectivity index (χ4n) is 5.58. The Labute approximate surface area is 159 Å². The average molecular weight is 378 g/mol. The van der Waals surface area contributed by atoms with Crippen molar-refractivity contribution in [3.8, 4) is 0 Å². The summed E-state index contributed by atoms with van der Waals surface area (Å²) >= 11 is 0. The number of carboxylic acids is 2. The predicted octanol–water partition coefficient (Wildman–Crippen LogP) is 2.45. The summed E-state index contributed by atoms with van der Waals surface area (Å²) in [6, 6.07) is 5.19. The van der Waals surface area contributed by atoms with Crippen LogP contribution in [0.3, 0.4) is 0 Å². The number of furan rings is 1. The first-order chi connectivity index (χ1) is 12.9. The number of nitrogens with zero attached hydrogens (tertiary/aromatic N) is 1. The van der Waals surface area contributed by atoms with E-state index in [0.717, 1.165) is 42.0 Å². The summed E-state index contributed by atoms with van der Waals surface area (Å²) in [4.78, 5) is 20.5. The molecular weight excluding hydrogens is 348 g/mol. The van der Waals surface area contributed by atoms with E-state index in [1.807, 2.05) is 6.07 Å². The molecule has 0 amide bonds. The van der Waals surface area contributed by atoms with Crippen molar-refractivity contribution in [1.82, 2.24) is 10.2 Å². The highest BCUT2D eigenvalue weighted by Crippen LogP contribution is 2.58. The van der Waals surface area contributed by atoms with E-state index in [4.69, 9.17) is 24.2 Å². The van der Waals surface area contributed by atoms with Gasteiger partial charge in [-0.1, -0.05) is 6.42 Å². The summed E-state index contributed by atoms with van der Waals surface area (Å²) in [5, 5.41) is 18.7. The largest absolute Gasteiger partial charge is 0.473 e. The highest BCUT2D eigenvalue weighted by Gasteiger charge is 2.53. The highest BCUT2D eigenvalue weighted by atomic mass is 16.4. The molecule has 1 heterocycles. The van der Waals surface area contributed by atoms with Gasteiger partial charge >= 0.3 is 11.9 Å². The van der Waals surface area contributed by atoms with Gasteiger partial charge in [-0.15, -0.1) is 0 Å². The Bertz CT molecular complexity index is 633. The molecule has 2 bridgehead atoms. The Kier molecular flexibility index (Phi) is 6.22. The van der Waals surface area contributed by atoms with Crippen LogP contribution in [-0.2, 0) is 9.59 Å². The van der Waals surface area contributed by atoms with E-state index in [0.29, 0.717) is 6.04 Å². The quantitative estimate of drug-likeness (QED) is 0.676. The van der Waals surface area contributed by atoms with Crippen molar-refractivity contribution >= 4 is 11.9 Å². The van der Waals surface area contributed by atoms with Crippen LogP contribution in [0, 0.1) is 23.7 Å². The third-order valence-corrected chi connectivity index (χ3v) is 6.68. The molecule has 3 aliphatic carbocycles. The van der Waals surface area contributed by atoms with E-state index in [2.05, 4.69) is 30.4 Å². The minimum absolute atomic E-state index is 0.346. The number of hydrogen-bond donors (Lipinski definition) is 3. The second kappa shape index (κ2) is 8.44. The van der Waals surface area contributed by atoms with Gasteiger partial charge in [0.2, 0.25) is 0 Å². The lowest BCUT2D eigenvalue weighted by Gasteiger charge is -2.34. The molecule has 4 rings (SSSR count). The topological polar surface area (TPSA) is 103 Å². The fraction of sp³-hybridized carbons (Fsp3) is 0.700. The number of aliphatic carboxylic acids is 2. The molecule has 6 unspecified atom stereocenters. The maximum absolute atomic E-state index is 9.10. The Morgan fingerprint density at radius 1 is 1.19 bits per heavy atom. The molecule has 0 spiro atoms. The molecule has 1 aromatic heterocycles. The van der Waals surface area contributed by atoms with Crippen molar-refractivity contribution in [2.24, 2.45) is 23.7 Å². The van der Waals surface area contributed by atoms with Crippen molar-refractivity contribution < 1.29 is 24.2 Å². The smallest absolute Gasteiger partial charge is 0.414 e. The second-order valence-electron chi connectivity index (χ2n) is 8.27. The molecule has 150 valence electrons. The van der Waals surface area contributed by atoms with Gasteiger partial charge in [-0.2, -0.15) is 0 Å². The Balaban J connectivity index is 0.000000307. The Hall–Kier alpha value is -1.86. The first-order valence-electron chi connectivity index (χ1n) is 9.78. The average Bonchev–Trinajstić information content (AvgIpc) is 3.38. The number of fused-ring (bicyclic) bond motifs is 5. The molecule has 7 heteroatoms. The number of nitrogens with one attached hydrogen (secondary N) is 1. The number of carbonyl (C=O) groups is 2. The van der Waals surface area contributed by atoms with Gasteiger partial charge in [0, 0.05) is 12.6 Å². The van der Waals surface area contributed by atoms with Crippen LogP contribution in [0.1, 0.15) is 43.9 Å². The van der Waals surface area contributed by atoms with Gasteiger partial charge in [0.1, 0.15) is 5.76 Å². The van der Waals surface area contributed by atoms with Gasteiger partial charge < -0.3 is 19.9 Å². The van der Waals surface area contributed by atoms with Gasteiger partial charge in [0.25, 0.3) is 0 Å². The molecule has 6 atom stereocenters. The van der Waals surface area contributed by atoms with E-state index in [1.54, 1.807) is 6.26 Å². The van der Waals surface area contributed by atoms with E-state index in [-0.39, 0.29) is 0 Å². The molecule has 3 N–H and O–H groups in total. The van der Waals surface area contributed by atoms with Crippen LogP contribution >= 0.6 is 0 Å². The maximum atomic E-state index is 9.10. The zero-order valence-electron chi connectivity index (χ0n) is 16.0. The summed E-state index contributed by atoms with van der Waals surface area (Å²) < 4.78 is 5.62. The monoisotopic (exact) mass is 378 g/mol. The van der Waals surface area contributed by atoms with Gasteiger partial charge in [-0.05, 0) is 75.6 Å². The Morgan fingerprint density at radius 3 is 2.48 bits per heavy atom. The third kappa shape index (κ3) is 4.35. The van der Waals surface area contributed by atoms with E-state index in [1.165, 1.54) is 32.1 Å². The molecular formula is C20H30N2O5. The summed E-state index contributed by atoms with van der Waals surface area (Å²) in [5.41, 5.74) is 0. The van der Waals surface area contributed by atoms with Gasteiger partial charge in [0.05, 0.1) is 12.3 Å². The maximum Gasteiger partial charge on any atom is 0.414 e. The zero-order valence-corrected chi connectivity index (χ0v) is 16.0. The van der Waals surface area contributed by atoms with Gasteiger partial charge in [0.15, 0.2) is 0 Å². The molecule has 0 radical (unpaired) electrons. The molecule has 0 aromatic carbocycles. The van der Waals surface area contributed by atoms with Gasteiger partial charge in [-0.3, -0.25) is 4.90 Å². The van der Waals surface area contributed by atoms with Crippen LogP contribution < -0.4 is 5.32 Å². The lowest BCUT2D eigenvalue weighted by molar-refractivity contribution is -0.159.